The standard InChI is InChI=1S/C40H59GeNO3S2/c1-7-11-14-16-18-20-23-41(27-30(10-4)22-13-9-3)31-25-28(5)46-37(31)38-32(41)26-33(47-38)36-35-34(29(6)45-36)39(43)42(40(35)44)24-21-19-17-15-12-8-2/h25-26,30H,7-24,27H2,1-6H3. The van der Waals surface area contributed by atoms with Gasteiger partial charge in [0.2, 0.25) is 0 Å². The third-order valence-corrected chi connectivity index (χ3v) is 25.2. The number of nitrogens with zero attached hydrogens (tertiary/aromatic N) is 1. The van der Waals surface area contributed by atoms with Gasteiger partial charge in [-0.05, 0) is 0 Å². The van der Waals surface area contributed by atoms with Crippen LogP contribution in [-0.2, 0) is 0 Å². The quantitative estimate of drug-likeness (QED) is 0.0621. The van der Waals surface area contributed by atoms with Crippen molar-refractivity contribution < 1.29 is 14.0 Å². The monoisotopic (exact) mass is 739 g/mol. The average molecular weight is 739 g/mol. The third kappa shape index (κ3) is 7.60. The third-order valence-electron chi connectivity index (χ3n) is 10.9. The number of aryl methyl sites for hydroxylation is 2. The second kappa shape index (κ2) is 16.8. The second-order valence-corrected chi connectivity index (χ2v) is 25.5. The molecule has 0 aliphatic carbocycles. The van der Waals surface area contributed by atoms with Crippen LogP contribution in [0.2, 0.25) is 10.5 Å². The first-order valence-electron chi connectivity index (χ1n) is 19.1. The van der Waals surface area contributed by atoms with Gasteiger partial charge in [-0.15, -0.1) is 0 Å². The zero-order chi connectivity index (χ0) is 33.6. The van der Waals surface area contributed by atoms with Crippen LogP contribution in [0, 0.1) is 19.8 Å². The fraction of sp³-hybridized carbons (Fsp3) is 0.650. The SMILES string of the molecule is CCCCCCCCN1C(=O)c2c(C)oc(-c3c[c]4c(s3)-c3sc(C)c[c]3[Ge]4([CH2]CCCCCCC)[CH2]C(CC)CCCC)c2C1=O. The van der Waals surface area contributed by atoms with Crippen molar-refractivity contribution in [1.29, 1.82) is 0 Å². The van der Waals surface area contributed by atoms with E-state index in [1.54, 1.807) is 8.79 Å². The Morgan fingerprint density at radius 2 is 1.32 bits per heavy atom. The van der Waals surface area contributed by atoms with Crippen LogP contribution in [0.25, 0.3) is 20.4 Å². The van der Waals surface area contributed by atoms with Crippen molar-refractivity contribution >= 4 is 56.5 Å². The molecule has 2 aliphatic rings. The normalized spacial score (nSPS) is 17.5. The summed E-state index contributed by atoms with van der Waals surface area (Å²) in [5, 5.41) is 2.73. The summed E-state index contributed by atoms with van der Waals surface area (Å²) in [4.78, 5) is 34.4. The first-order chi connectivity index (χ1) is 22.8. The molecule has 7 heteroatoms. The number of unbranched alkanes of at least 4 members (excludes halogenated alkanes) is 11. The molecular weight excluding hydrogens is 679 g/mol. The van der Waals surface area contributed by atoms with Gasteiger partial charge in [0.1, 0.15) is 0 Å². The molecule has 0 N–H and O–H groups in total. The number of hydrogen-bond donors (Lipinski definition) is 0. The van der Waals surface area contributed by atoms with Crippen molar-refractivity contribution in [3.63, 3.8) is 0 Å². The number of thiophene rings is 2. The Labute approximate surface area is 295 Å². The number of hydrogen-bond acceptors (Lipinski definition) is 5. The van der Waals surface area contributed by atoms with Crippen LogP contribution in [0.1, 0.15) is 162 Å². The first kappa shape index (κ1) is 36.6. The van der Waals surface area contributed by atoms with Crippen LogP contribution in [0.15, 0.2) is 16.5 Å². The number of imide groups is 1. The minimum atomic E-state index is -2.76. The molecule has 0 saturated carbocycles. The van der Waals surface area contributed by atoms with Crippen molar-refractivity contribution in [3.05, 3.63) is 33.9 Å². The van der Waals surface area contributed by atoms with Gasteiger partial charge in [-0.3, -0.25) is 0 Å². The van der Waals surface area contributed by atoms with Crippen LogP contribution >= 0.6 is 22.7 Å². The number of rotatable bonds is 21. The fourth-order valence-electron chi connectivity index (χ4n) is 8.24. The molecule has 3 aromatic heterocycles. The minimum absolute atomic E-state index is 0.155. The van der Waals surface area contributed by atoms with Gasteiger partial charge < -0.3 is 0 Å². The Morgan fingerprint density at radius 3 is 2.00 bits per heavy atom. The fourth-order valence-corrected chi connectivity index (χ4v) is 26.1. The molecule has 2 atom stereocenters. The Morgan fingerprint density at radius 1 is 0.723 bits per heavy atom. The summed E-state index contributed by atoms with van der Waals surface area (Å²) in [5.74, 6) is 1.68. The molecule has 5 rings (SSSR count). The number of carbonyl (C=O) groups excluding carboxylic acids is 2. The Balaban J connectivity index is 1.48. The summed E-state index contributed by atoms with van der Waals surface area (Å²) in [5.41, 5.74) is 1.02. The molecule has 0 bridgehead atoms. The maximum atomic E-state index is 13.9. The summed E-state index contributed by atoms with van der Waals surface area (Å²) >= 11 is 1.05. The van der Waals surface area contributed by atoms with Gasteiger partial charge in [-0.25, -0.2) is 0 Å². The molecule has 47 heavy (non-hydrogen) atoms. The maximum absolute atomic E-state index is 13.9. The van der Waals surface area contributed by atoms with Gasteiger partial charge in [0.25, 0.3) is 0 Å². The molecule has 3 aromatic rings. The zero-order valence-corrected chi connectivity index (χ0v) is 33.9. The number of furan rings is 1. The van der Waals surface area contributed by atoms with Crippen LogP contribution < -0.4 is 8.79 Å². The van der Waals surface area contributed by atoms with E-state index in [4.69, 9.17) is 4.42 Å². The average Bonchev–Trinajstić information content (AvgIpc) is 3.84. The van der Waals surface area contributed by atoms with Crippen LogP contribution in [0.5, 0.6) is 0 Å². The van der Waals surface area contributed by atoms with Crippen molar-refractivity contribution in [1.82, 2.24) is 4.90 Å². The van der Waals surface area contributed by atoms with Gasteiger partial charge in [0, 0.05) is 0 Å². The summed E-state index contributed by atoms with van der Waals surface area (Å²) in [6.45, 7) is 13.9. The molecule has 0 radical (unpaired) electrons. The van der Waals surface area contributed by atoms with E-state index in [2.05, 4.69) is 46.8 Å². The molecule has 0 saturated heterocycles. The van der Waals surface area contributed by atoms with Crippen LogP contribution in [0.3, 0.4) is 0 Å². The van der Waals surface area contributed by atoms with Gasteiger partial charge in [-0.2, -0.15) is 0 Å². The molecule has 5 heterocycles. The predicted molar refractivity (Wildman–Crippen MR) is 205 cm³/mol. The van der Waals surface area contributed by atoms with E-state index in [0.29, 0.717) is 29.2 Å². The number of fused-ring (bicyclic) bond motifs is 4. The van der Waals surface area contributed by atoms with Crippen molar-refractivity contribution in [3.8, 4) is 20.4 Å². The van der Waals surface area contributed by atoms with Gasteiger partial charge >= 0.3 is 277 Å². The molecular formula is C40H59GeNO3S2. The molecule has 2 amide bonds. The molecule has 0 aromatic carbocycles. The van der Waals surface area contributed by atoms with Gasteiger partial charge in [0.15, 0.2) is 0 Å². The number of amides is 2. The molecule has 0 spiro atoms. The van der Waals surface area contributed by atoms with Gasteiger partial charge in [0.05, 0.1) is 0 Å². The van der Waals surface area contributed by atoms with Gasteiger partial charge in [-0.1, -0.05) is 19.8 Å². The van der Waals surface area contributed by atoms with E-state index in [9.17, 15) is 9.59 Å². The summed E-state index contributed by atoms with van der Waals surface area (Å²) in [6, 6.07) is 5.03. The first-order valence-corrected chi connectivity index (χ1v) is 25.8. The number of carbonyl (C=O) groups is 2. The van der Waals surface area contributed by atoms with Crippen molar-refractivity contribution in [2.24, 2.45) is 5.92 Å². The topological polar surface area (TPSA) is 50.5 Å². The van der Waals surface area contributed by atoms with Crippen molar-refractivity contribution in [2.45, 2.75) is 155 Å². The Hall–Kier alpha value is -1.64. The van der Waals surface area contributed by atoms with E-state index >= 15 is 0 Å². The second-order valence-electron chi connectivity index (χ2n) is 14.4. The van der Waals surface area contributed by atoms with Crippen molar-refractivity contribution in [2.75, 3.05) is 6.54 Å². The van der Waals surface area contributed by atoms with Crippen LogP contribution in [0.4, 0.5) is 0 Å². The van der Waals surface area contributed by atoms with E-state index in [1.165, 1.54) is 114 Å². The predicted octanol–water partition coefficient (Wildman–Crippen LogP) is 11.8. The van der Waals surface area contributed by atoms with Crippen LogP contribution in [-0.4, -0.2) is 36.5 Å². The molecule has 2 unspecified atom stereocenters. The summed E-state index contributed by atoms with van der Waals surface area (Å²) in [7, 11) is 0. The van der Waals surface area contributed by atoms with E-state index in [1.807, 2.05) is 29.6 Å². The molecule has 258 valence electrons. The molecule has 0 fully saturated rings. The zero-order valence-electron chi connectivity index (χ0n) is 30.2. The van der Waals surface area contributed by atoms with E-state index < -0.39 is 13.3 Å². The van der Waals surface area contributed by atoms with E-state index in [-0.39, 0.29) is 11.8 Å². The van der Waals surface area contributed by atoms with E-state index in [0.717, 1.165) is 30.1 Å². The summed E-state index contributed by atoms with van der Waals surface area (Å²) in [6.07, 6.45) is 19.9. The molecule has 2 aliphatic heterocycles. The molecule has 4 nitrogen and oxygen atoms in total. The Bertz CT molecular complexity index is 1520. The summed E-state index contributed by atoms with van der Waals surface area (Å²) < 4.78 is 9.76. The Kier molecular flexibility index (Phi) is 13.1.